The van der Waals surface area contributed by atoms with Gasteiger partial charge in [-0.2, -0.15) is 13.2 Å². The normalized spacial score (nSPS) is 14.4. The number of likely N-dealkylation sites (N-methyl/N-ethyl adjacent to an activating group) is 2. The van der Waals surface area contributed by atoms with E-state index in [2.05, 4.69) is 5.32 Å². The van der Waals surface area contributed by atoms with E-state index in [4.69, 9.17) is 0 Å². The molecule has 0 spiro atoms. The average Bonchev–Trinajstić information content (AvgIpc) is 3.04. The van der Waals surface area contributed by atoms with Crippen molar-refractivity contribution in [2.45, 2.75) is 90.0 Å². The Labute approximate surface area is 308 Å². The molecule has 292 valence electrons. The van der Waals surface area contributed by atoms with Crippen LogP contribution in [0.5, 0.6) is 0 Å². The third-order valence-electron chi connectivity index (χ3n) is 8.70. The van der Waals surface area contributed by atoms with Crippen molar-refractivity contribution in [3.8, 4) is 0 Å². The third kappa shape index (κ3) is 11.3. The zero-order chi connectivity index (χ0) is 40.9. The Kier molecular flexibility index (Phi) is 14.0. The van der Waals surface area contributed by atoms with Gasteiger partial charge in [-0.3, -0.25) is 24.1 Å². The van der Waals surface area contributed by atoms with Gasteiger partial charge in [-0.05, 0) is 48.1 Å². The number of carboxylic acid groups (broad SMARTS) is 1. The SMILES string of the molecule is C/C(=C\[C@H](C(C)C)N(C)C(=O)[C@@H](NC(=O)[C@@H](N(C)C(=O)O)C(C)(C)c1ccccc1)C(C)(C)C)C(=O)NS(=O)(=O)c1ccc(NC(=O)C(F)(F)F)cc1. The average molecular weight is 768 g/mol. The van der Waals surface area contributed by atoms with Crippen molar-refractivity contribution in [1.82, 2.24) is 19.8 Å². The van der Waals surface area contributed by atoms with Crippen LogP contribution in [0, 0.1) is 11.3 Å². The molecule has 0 radical (unpaired) electrons. The fraction of sp³-hybridized carbons (Fsp3) is 0.472. The van der Waals surface area contributed by atoms with Crippen LogP contribution in [-0.4, -0.2) is 91.4 Å². The lowest BCUT2D eigenvalue weighted by molar-refractivity contribution is -0.167. The minimum absolute atomic E-state index is 0.0925. The van der Waals surface area contributed by atoms with Gasteiger partial charge >= 0.3 is 18.2 Å². The van der Waals surface area contributed by atoms with Crippen molar-refractivity contribution in [2.24, 2.45) is 11.3 Å². The molecule has 5 amide bonds. The molecule has 17 heteroatoms. The van der Waals surface area contributed by atoms with E-state index in [0.717, 1.165) is 29.2 Å². The molecule has 2 aromatic rings. The molecule has 0 heterocycles. The number of rotatable bonds is 13. The molecular formula is C36H48F3N5O8S. The quantitative estimate of drug-likeness (QED) is 0.208. The molecule has 0 saturated heterocycles. The lowest BCUT2D eigenvalue weighted by Gasteiger charge is -2.41. The molecule has 0 aromatic heterocycles. The minimum Gasteiger partial charge on any atom is -0.465 e. The summed E-state index contributed by atoms with van der Waals surface area (Å²) in [5, 5.41) is 14.3. The first kappa shape index (κ1) is 44.2. The predicted octanol–water partition coefficient (Wildman–Crippen LogP) is 4.91. The highest BCUT2D eigenvalue weighted by atomic mass is 32.2. The van der Waals surface area contributed by atoms with Crippen LogP contribution in [0.4, 0.5) is 23.7 Å². The summed E-state index contributed by atoms with van der Waals surface area (Å²) in [6, 6.07) is 9.32. The van der Waals surface area contributed by atoms with E-state index in [9.17, 15) is 50.7 Å². The molecule has 0 aliphatic carbocycles. The summed E-state index contributed by atoms with van der Waals surface area (Å²) in [6.07, 6.45) is -5.11. The number of sulfonamides is 1. The number of benzene rings is 2. The van der Waals surface area contributed by atoms with E-state index in [0.29, 0.717) is 5.56 Å². The molecule has 0 aliphatic rings. The van der Waals surface area contributed by atoms with Crippen LogP contribution >= 0.6 is 0 Å². The number of nitrogens with zero attached hydrogens (tertiary/aromatic N) is 2. The van der Waals surface area contributed by atoms with Crippen LogP contribution in [-0.2, 0) is 34.6 Å². The minimum atomic E-state index is -5.15. The number of hydrogen-bond acceptors (Lipinski definition) is 7. The van der Waals surface area contributed by atoms with Crippen molar-refractivity contribution in [1.29, 1.82) is 0 Å². The molecule has 0 aliphatic heterocycles. The Hall–Kier alpha value is -4.93. The van der Waals surface area contributed by atoms with Crippen LogP contribution in [0.25, 0.3) is 0 Å². The number of amides is 5. The highest BCUT2D eigenvalue weighted by molar-refractivity contribution is 7.90. The molecule has 2 aromatic carbocycles. The highest BCUT2D eigenvalue weighted by Crippen LogP contribution is 2.32. The number of carbonyl (C=O) groups excluding carboxylic acids is 4. The summed E-state index contributed by atoms with van der Waals surface area (Å²) >= 11 is 0. The molecule has 0 bridgehead atoms. The maximum atomic E-state index is 14.2. The second-order valence-corrected chi connectivity index (χ2v) is 16.3. The summed E-state index contributed by atoms with van der Waals surface area (Å²) in [5.74, 6) is -4.90. The van der Waals surface area contributed by atoms with E-state index in [1.165, 1.54) is 32.0 Å². The second kappa shape index (κ2) is 16.8. The number of carbonyl (C=O) groups is 5. The van der Waals surface area contributed by atoms with Gasteiger partial charge in [0.15, 0.2) is 0 Å². The van der Waals surface area contributed by atoms with Crippen LogP contribution in [0.3, 0.4) is 0 Å². The van der Waals surface area contributed by atoms with Crippen LogP contribution < -0.4 is 15.4 Å². The van der Waals surface area contributed by atoms with Gasteiger partial charge in [0.2, 0.25) is 11.8 Å². The number of alkyl halides is 3. The Morgan fingerprint density at radius 3 is 1.83 bits per heavy atom. The number of halogens is 3. The smallest absolute Gasteiger partial charge is 0.465 e. The summed E-state index contributed by atoms with van der Waals surface area (Å²) in [4.78, 5) is 66.4. The van der Waals surface area contributed by atoms with E-state index in [-0.39, 0.29) is 17.2 Å². The predicted molar refractivity (Wildman–Crippen MR) is 192 cm³/mol. The van der Waals surface area contributed by atoms with E-state index < -0.39 is 79.8 Å². The summed E-state index contributed by atoms with van der Waals surface area (Å²) < 4.78 is 65.4. The van der Waals surface area contributed by atoms with Crippen LogP contribution in [0.2, 0.25) is 0 Å². The molecule has 4 N–H and O–H groups in total. The number of hydrogen-bond donors (Lipinski definition) is 4. The molecule has 13 nitrogen and oxygen atoms in total. The van der Waals surface area contributed by atoms with Crippen LogP contribution in [0.1, 0.15) is 61.0 Å². The van der Waals surface area contributed by atoms with Crippen molar-refractivity contribution in [2.75, 3.05) is 19.4 Å². The molecule has 53 heavy (non-hydrogen) atoms. The zero-order valence-electron chi connectivity index (χ0n) is 31.3. The Morgan fingerprint density at radius 2 is 1.38 bits per heavy atom. The molecule has 0 unspecified atom stereocenters. The molecular weight excluding hydrogens is 719 g/mol. The maximum absolute atomic E-state index is 14.2. The lowest BCUT2D eigenvalue weighted by Crippen LogP contribution is -2.62. The first-order valence-electron chi connectivity index (χ1n) is 16.4. The summed E-state index contributed by atoms with van der Waals surface area (Å²) in [5.41, 5.74) is -1.65. The molecule has 0 saturated carbocycles. The fourth-order valence-electron chi connectivity index (χ4n) is 5.61. The zero-order valence-corrected chi connectivity index (χ0v) is 32.1. The van der Waals surface area contributed by atoms with Gasteiger partial charge < -0.3 is 20.6 Å². The Bertz CT molecular complexity index is 1810. The Balaban J connectivity index is 2.37. The van der Waals surface area contributed by atoms with Gasteiger partial charge in [-0.25, -0.2) is 17.9 Å². The van der Waals surface area contributed by atoms with E-state index >= 15 is 0 Å². The van der Waals surface area contributed by atoms with E-state index in [1.807, 2.05) is 4.72 Å². The van der Waals surface area contributed by atoms with Gasteiger partial charge in [-0.1, -0.05) is 84.9 Å². The highest BCUT2D eigenvalue weighted by Gasteiger charge is 2.45. The fourth-order valence-corrected chi connectivity index (χ4v) is 6.63. The Morgan fingerprint density at radius 1 is 0.849 bits per heavy atom. The molecule has 2 rings (SSSR count). The number of anilines is 1. The molecule has 0 fully saturated rings. The lowest BCUT2D eigenvalue weighted by atomic mass is 9.76. The van der Waals surface area contributed by atoms with Gasteiger partial charge in [0.1, 0.15) is 12.1 Å². The van der Waals surface area contributed by atoms with Crippen molar-refractivity contribution in [3.05, 3.63) is 71.8 Å². The van der Waals surface area contributed by atoms with Crippen molar-refractivity contribution >= 4 is 45.4 Å². The monoisotopic (exact) mass is 767 g/mol. The van der Waals surface area contributed by atoms with Gasteiger partial charge in [-0.15, -0.1) is 0 Å². The van der Waals surface area contributed by atoms with Crippen molar-refractivity contribution < 1.29 is 50.7 Å². The first-order chi connectivity index (χ1) is 24.1. The van der Waals surface area contributed by atoms with Crippen LogP contribution in [0.15, 0.2) is 71.1 Å². The van der Waals surface area contributed by atoms with Gasteiger partial charge in [0.05, 0.1) is 10.9 Å². The number of nitrogens with one attached hydrogen (secondary N) is 3. The van der Waals surface area contributed by atoms with E-state index in [1.54, 1.807) is 84.1 Å². The third-order valence-corrected chi connectivity index (χ3v) is 10.0. The van der Waals surface area contributed by atoms with Gasteiger partial charge in [0.25, 0.3) is 15.9 Å². The van der Waals surface area contributed by atoms with Gasteiger partial charge in [0, 0.05) is 30.8 Å². The standard InChI is InChI=1S/C36H48F3N5O8S/c1-21(2)26(20-22(3)29(45)42-53(51,52)25-18-16-24(17-19-25)40-32(48)36(37,38)39)43(9)31(47)27(34(4,5)6)41-30(46)28(44(10)33(49)50)35(7,8)23-14-12-11-13-15-23/h11-21,26-28H,1-10H3,(H,40,48)(H,41,46)(H,42,45)(H,49,50)/b22-20+/t26-,27-,28-/m1/s1. The first-order valence-corrected chi connectivity index (χ1v) is 17.9. The summed E-state index contributed by atoms with van der Waals surface area (Å²) in [7, 11) is -1.78. The largest absolute Gasteiger partial charge is 0.471 e. The molecule has 3 atom stereocenters. The van der Waals surface area contributed by atoms with Crippen molar-refractivity contribution in [3.63, 3.8) is 0 Å². The second-order valence-electron chi connectivity index (χ2n) is 14.6. The topological polar surface area (TPSA) is 182 Å². The summed E-state index contributed by atoms with van der Waals surface area (Å²) in [6.45, 7) is 13.5. The maximum Gasteiger partial charge on any atom is 0.471 e.